The minimum atomic E-state index is -0.0222. The molecule has 0 aliphatic rings. The second-order valence-electron chi connectivity index (χ2n) is 4.58. The van der Waals surface area contributed by atoms with E-state index in [9.17, 15) is 4.79 Å². The van der Waals surface area contributed by atoms with Gasteiger partial charge in [0.05, 0.1) is 6.61 Å². The summed E-state index contributed by atoms with van der Waals surface area (Å²) >= 11 is 0. The van der Waals surface area contributed by atoms with Crippen LogP contribution in [0.3, 0.4) is 0 Å². The van der Waals surface area contributed by atoms with Gasteiger partial charge in [0, 0.05) is 23.5 Å². The third kappa shape index (κ3) is 4.80. The normalized spacial score (nSPS) is 10.5. The van der Waals surface area contributed by atoms with Gasteiger partial charge in [-0.3, -0.25) is 4.79 Å². The van der Waals surface area contributed by atoms with E-state index in [0.29, 0.717) is 5.56 Å². The fourth-order valence-electron chi connectivity index (χ4n) is 1.78. The molecule has 0 fully saturated rings. The molecular formula is C18H19NO2. The molecule has 0 aliphatic heterocycles. The van der Waals surface area contributed by atoms with Crippen LogP contribution in [-0.2, 0) is 0 Å². The molecule has 108 valence electrons. The Hall–Kier alpha value is -2.55. The molecule has 0 radical (unpaired) electrons. The lowest BCUT2D eigenvalue weighted by atomic mass is 10.1. The van der Waals surface area contributed by atoms with Crippen molar-refractivity contribution in [1.29, 1.82) is 0 Å². The summed E-state index contributed by atoms with van der Waals surface area (Å²) in [5, 5.41) is 3.07. The van der Waals surface area contributed by atoms with E-state index in [1.54, 1.807) is 18.3 Å². The van der Waals surface area contributed by atoms with Gasteiger partial charge >= 0.3 is 0 Å². The molecule has 0 saturated carbocycles. The topological polar surface area (TPSA) is 38.3 Å². The quantitative estimate of drug-likeness (QED) is 0.608. The second-order valence-corrected chi connectivity index (χ2v) is 4.58. The monoisotopic (exact) mass is 281 g/mol. The summed E-state index contributed by atoms with van der Waals surface area (Å²) in [6, 6.07) is 16.8. The van der Waals surface area contributed by atoms with E-state index in [0.717, 1.165) is 24.5 Å². The second kappa shape index (κ2) is 7.90. The fourth-order valence-corrected chi connectivity index (χ4v) is 1.78. The van der Waals surface area contributed by atoms with E-state index in [1.807, 2.05) is 42.5 Å². The van der Waals surface area contributed by atoms with Crippen molar-refractivity contribution in [1.82, 2.24) is 0 Å². The van der Waals surface area contributed by atoms with Crippen LogP contribution in [0.4, 0.5) is 5.69 Å². The lowest BCUT2D eigenvalue weighted by Gasteiger charge is -2.05. The van der Waals surface area contributed by atoms with Gasteiger partial charge in [0.2, 0.25) is 0 Å². The maximum atomic E-state index is 11.9. The summed E-state index contributed by atoms with van der Waals surface area (Å²) in [5.74, 6) is 0.831. The van der Waals surface area contributed by atoms with E-state index in [-0.39, 0.29) is 5.78 Å². The third-order valence-electron chi connectivity index (χ3n) is 2.87. The standard InChI is InChI=1S/C18H19NO2/c1-2-14-21-17-10-8-16(9-11-17)19-13-12-18(20)15-6-4-3-5-7-15/h3-13,19H,2,14H2,1H3/b13-12+. The summed E-state index contributed by atoms with van der Waals surface area (Å²) in [6.07, 6.45) is 4.17. The summed E-state index contributed by atoms with van der Waals surface area (Å²) in [4.78, 5) is 11.9. The molecule has 0 amide bonds. The Morgan fingerprint density at radius 2 is 1.81 bits per heavy atom. The molecule has 2 aromatic rings. The molecular weight excluding hydrogens is 262 g/mol. The van der Waals surface area contributed by atoms with Crippen LogP contribution in [0.1, 0.15) is 23.7 Å². The smallest absolute Gasteiger partial charge is 0.187 e. The Labute approximate surface area is 125 Å². The molecule has 3 heteroatoms. The predicted octanol–water partition coefficient (Wildman–Crippen LogP) is 4.28. The summed E-state index contributed by atoms with van der Waals surface area (Å²) in [7, 11) is 0. The van der Waals surface area contributed by atoms with Crippen molar-refractivity contribution in [3.8, 4) is 5.75 Å². The van der Waals surface area contributed by atoms with Gasteiger partial charge in [0.25, 0.3) is 0 Å². The van der Waals surface area contributed by atoms with Crippen LogP contribution in [0.5, 0.6) is 5.75 Å². The average Bonchev–Trinajstić information content (AvgIpc) is 2.55. The number of benzene rings is 2. The molecule has 0 saturated heterocycles. The first kappa shape index (κ1) is 14.9. The Bertz CT molecular complexity index is 588. The first-order valence-electron chi connectivity index (χ1n) is 7.05. The number of rotatable bonds is 7. The number of anilines is 1. The van der Waals surface area contributed by atoms with Crippen LogP contribution < -0.4 is 10.1 Å². The van der Waals surface area contributed by atoms with Gasteiger partial charge in [-0.25, -0.2) is 0 Å². The molecule has 3 nitrogen and oxygen atoms in total. The number of ether oxygens (including phenoxy) is 1. The highest BCUT2D eigenvalue weighted by atomic mass is 16.5. The molecule has 0 heterocycles. The predicted molar refractivity (Wildman–Crippen MR) is 85.8 cm³/mol. The average molecular weight is 281 g/mol. The molecule has 2 aromatic carbocycles. The van der Waals surface area contributed by atoms with E-state index >= 15 is 0 Å². The molecule has 0 aromatic heterocycles. The van der Waals surface area contributed by atoms with E-state index < -0.39 is 0 Å². The van der Waals surface area contributed by atoms with Gasteiger partial charge in [-0.1, -0.05) is 37.3 Å². The number of allylic oxidation sites excluding steroid dienone is 1. The van der Waals surface area contributed by atoms with E-state index in [2.05, 4.69) is 12.2 Å². The largest absolute Gasteiger partial charge is 0.494 e. The molecule has 0 bridgehead atoms. The maximum absolute atomic E-state index is 11.9. The van der Waals surface area contributed by atoms with Crippen molar-refractivity contribution in [2.24, 2.45) is 0 Å². The van der Waals surface area contributed by atoms with Crippen LogP contribution in [-0.4, -0.2) is 12.4 Å². The number of carbonyl (C=O) groups excluding carboxylic acids is 1. The van der Waals surface area contributed by atoms with Gasteiger partial charge in [-0.15, -0.1) is 0 Å². The molecule has 1 N–H and O–H groups in total. The minimum Gasteiger partial charge on any atom is -0.494 e. The van der Waals surface area contributed by atoms with Gasteiger partial charge in [0.15, 0.2) is 5.78 Å². The van der Waals surface area contributed by atoms with Crippen molar-refractivity contribution in [2.45, 2.75) is 13.3 Å². The van der Waals surface area contributed by atoms with E-state index in [1.165, 1.54) is 6.08 Å². The molecule has 0 atom stereocenters. The number of nitrogens with one attached hydrogen (secondary N) is 1. The highest BCUT2D eigenvalue weighted by Crippen LogP contribution is 2.15. The van der Waals surface area contributed by atoms with Crippen molar-refractivity contribution in [3.05, 3.63) is 72.4 Å². The molecule has 0 unspecified atom stereocenters. The highest BCUT2D eigenvalue weighted by molar-refractivity contribution is 6.04. The van der Waals surface area contributed by atoms with Gasteiger partial charge in [-0.05, 0) is 30.7 Å². The Balaban J connectivity index is 1.88. The number of ketones is 1. The Kier molecular flexibility index (Phi) is 5.59. The van der Waals surface area contributed by atoms with Crippen LogP contribution in [0.15, 0.2) is 66.9 Å². The zero-order valence-corrected chi connectivity index (χ0v) is 12.1. The first-order valence-corrected chi connectivity index (χ1v) is 7.05. The van der Waals surface area contributed by atoms with Gasteiger partial charge < -0.3 is 10.1 Å². The van der Waals surface area contributed by atoms with Gasteiger partial charge in [0.1, 0.15) is 5.75 Å². The Morgan fingerprint density at radius 1 is 1.10 bits per heavy atom. The number of carbonyl (C=O) groups is 1. The molecule has 0 aliphatic carbocycles. The highest BCUT2D eigenvalue weighted by Gasteiger charge is 1.99. The Morgan fingerprint density at radius 3 is 2.48 bits per heavy atom. The zero-order valence-electron chi connectivity index (χ0n) is 12.1. The summed E-state index contributed by atoms with van der Waals surface area (Å²) < 4.78 is 5.51. The fraction of sp³-hybridized carbons (Fsp3) is 0.167. The molecule has 2 rings (SSSR count). The van der Waals surface area contributed by atoms with Crippen LogP contribution in [0.2, 0.25) is 0 Å². The van der Waals surface area contributed by atoms with Crippen LogP contribution in [0, 0.1) is 0 Å². The van der Waals surface area contributed by atoms with Gasteiger partial charge in [-0.2, -0.15) is 0 Å². The first-order chi connectivity index (χ1) is 10.3. The third-order valence-corrected chi connectivity index (χ3v) is 2.87. The van der Waals surface area contributed by atoms with Crippen LogP contribution in [0.25, 0.3) is 0 Å². The SMILES string of the molecule is CCCOc1ccc(N/C=C/C(=O)c2ccccc2)cc1. The number of hydrogen-bond donors (Lipinski definition) is 1. The van der Waals surface area contributed by atoms with E-state index in [4.69, 9.17) is 4.74 Å². The van der Waals surface area contributed by atoms with Crippen molar-refractivity contribution < 1.29 is 9.53 Å². The molecule has 0 spiro atoms. The minimum absolute atomic E-state index is 0.0222. The number of hydrogen-bond acceptors (Lipinski definition) is 3. The van der Waals surface area contributed by atoms with Crippen molar-refractivity contribution in [3.63, 3.8) is 0 Å². The van der Waals surface area contributed by atoms with Crippen molar-refractivity contribution >= 4 is 11.5 Å². The van der Waals surface area contributed by atoms with Crippen LogP contribution >= 0.6 is 0 Å². The van der Waals surface area contributed by atoms with Crippen molar-refractivity contribution in [2.75, 3.05) is 11.9 Å². The summed E-state index contributed by atoms with van der Waals surface area (Å²) in [6.45, 7) is 2.79. The summed E-state index contributed by atoms with van der Waals surface area (Å²) in [5.41, 5.74) is 1.59. The zero-order chi connectivity index (χ0) is 14.9. The lowest BCUT2D eigenvalue weighted by Crippen LogP contribution is -1.96. The maximum Gasteiger partial charge on any atom is 0.187 e. The molecule has 21 heavy (non-hydrogen) atoms. The lowest BCUT2D eigenvalue weighted by molar-refractivity contribution is 0.104.